The summed E-state index contributed by atoms with van der Waals surface area (Å²) in [5, 5.41) is 8.63. The average molecular weight is 235 g/mol. The van der Waals surface area contributed by atoms with Crippen LogP contribution in [0.2, 0.25) is 0 Å². The number of carbonyl (C=O) groups is 1. The minimum Gasteiger partial charge on any atom is -0.497 e. The summed E-state index contributed by atoms with van der Waals surface area (Å²) in [6.07, 6.45) is -0.375. The molecule has 0 amide bonds. The number of carboxylic acids is 1. The second-order valence-corrected chi connectivity index (χ2v) is 3.69. The van der Waals surface area contributed by atoms with Crippen molar-refractivity contribution < 1.29 is 19.4 Å². The molecule has 5 heteroatoms. The van der Waals surface area contributed by atoms with E-state index in [0.717, 1.165) is 11.3 Å². The molecule has 1 aliphatic rings. The summed E-state index contributed by atoms with van der Waals surface area (Å²) in [6, 6.07) is 7.49. The van der Waals surface area contributed by atoms with Gasteiger partial charge in [0.2, 0.25) is 0 Å². The van der Waals surface area contributed by atoms with Crippen molar-refractivity contribution in [3.8, 4) is 5.75 Å². The number of carboxylic acid groups (broad SMARTS) is 1. The normalized spacial score (nSPS) is 18.4. The summed E-state index contributed by atoms with van der Waals surface area (Å²) in [6.45, 7) is 0.454. The molecule has 1 aromatic rings. The first kappa shape index (κ1) is 11.4. The van der Waals surface area contributed by atoms with Gasteiger partial charge in [0.15, 0.2) is 5.90 Å². The van der Waals surface area contributed by atoms with Crippen LogP contribution < -0.4 is 4.74 Å². The van der Waals surface area contributed by atoms with Gasteiger partial charge in [0.1, 0.15) is 18.3 Å². The molecule has 1 unspecified atom stereocenters. The molecule has 1 N–H and O–H groups in total. The van der Waals surface area contributed by atoms with Crippen LogP contribution in [-0.4, -0.2) is 30.6 Å². The number of methoxy groups -OCH3 is 1. The molecule has 1 aromatic carbocycles. The molecule has 5 nitrogen and oxygen atoms in total. The number of aliphatic carboxylic acids is 1. The quantitative estimate of drug-likeness (QED) is 0.861. The fraction of sp³-hybridized carbons (Fsp3) is 0.333. The number of ether oxygens (including phenoxy) is 2. The van der Waals surface area contributed by atoms with Gasteiger partial charge in [-0.05, 0) is 17.7 Å². The van der Waals surface area contributed by atoms with Gasteiger partial charge in [-0.2, -0.15) is 0 Å². The maximum Gasteiger partial charge on any atom is 0.312 e. The highest BCUT2D eigenvalue weighted by molar-refractivity contribution is 5.94. The molecule has 90 valence electrons. The summed E-state index contributed by atoms with van der Waals surface area (Å²) in [5.41, 5.74) is 0.938. The van der Waals surface area contributed by atoms with E-state index in [4.69, 9.17) is 14.6 Å². The highest BCUT2D eigenvalue weighted by Gasteiger charge is 2.23. The van der Waals surface area contributed by atoms with E-state index in [0.29, 0.717) is 6.54 Å². The zero-order chi connectivity index (χ0) is 12.3. The van der Waals surface area contributed by atoms with Crippen LogP contribution in [0.25, 0.3) is 0 Å². The fourth-order valence-electron chi connectivity index (χ4n) is 1.67. The molecule has 0 aromatic heterocycles. The first-order valence-corrected chi connectivity index (χ1v) is 5.25. The average Bonchev–Trinajstić information content (AvgIpc) is 2.77. The minimum atomic E-state index is -0.935. The number of hydrogen-bond acceptors (Lipinski definition) is 4. The van der Waals surface area contributed by atoms with Crippen molar-refractivity contribution in [2.24, 2.45) is 4.99 Å². The number of benzene rings is 1. The Morgan fingerprint density at radius 3 is 3.18 bits per heavy atom. The molecule has 0 fully saturated rings. The third kappa shape index (κ3) is 2.75. The largest absolute Gasteiger partial charge is 0.497 e. The summed E-state index contributed by atoms with van der Waals surface area (Å²) in [5.74, 6) is 0.0955. The van der Waals surface area contributed by atoms with Crippen LogP contribution in [0.4, 0.5) is 0 Å². The molecule has 1 heterocycles. The van der Waals surface area contributed by atoms with E-state index in [1.165, 1.54) is 0 Å². The van der Waals surface area contributed by atoms with E-state index in [2.05, 4.69) is 4.99 Å². The Balaban J connectivity index is 2.04. The minimum absolute atomic E-state index is 0.166. The third-order valence-corrected chi connectivity index (χ3v) is 2.48. The van der Waals surface area contributed by atoms with Gasteiger partial charge >= 0.3 is 5.97 Å². The lowest BCUT2D eigenvalue weighted by Crippen LogP contribution is -2.09. The highest BCUT2D eigenvalue weighted by atomic mass is 16.5. The van der Waals surface area contributed by atoms with E-state index in [-0.39, 0.29) is 18.4 Å². The van der Waals surface area contributed by atoms with Gasteiger partial charge in [-0.3, -0.25) is 9.79 Å². The molecule has 0 spiro atoms. The van der Waals surface area contributed by atoms with Gasteiger partial charge < -0.3 is 14.6 Å². The Bertz CT molecular complexity index is 456. The number of nitrogens with zero attached hydrogens (tertiary/aromatic N) is 1. The van der Waals surface area contributed by atoms with Gasteiger partial charge in [-0.15, -0.1) is 0 Å². The molecular weight excluding hydrogens is 222 g/mol. The van der Waals surface area contributed by atoms with Gasteiger partial charge in [0.05, 0.1) is 13.7 Å². The molecular formula is C12H13NO4. The zero-order valence-corrected chi connectivity index (χ0v) is 9.42. The van der Waals surface area contributed by atoms with E-state index >= 15 is 0 Å². The van der Waals surface area contributed by atoms with Crippen molar-refractivity contribution in [3.63, 3.8) is 0 Å². The van der Waals surface area contributed by atoms with Crippen LogP contribution in [0.1, 0.15) is 18.1 Å². The lowest BCUT2D eigenvalue weighted by Gasteiger charge is -2.12. The molecule has 1 aliphatic heterocycles. The number of aliphatic imine (C=N–C) groups is 1. The van der Waals surface area contributed by atoms with Crippen LogP contribution in [0.5, 0.6) is 5.75 Å². The third-order valence-electron chi connectivity index (χ3n) is 2.48. The van der Waals surface area contributed by atoms with Crippen molar-refractivity contribution in [2.75, 3.05) is 13.7 Å². The summed E-state index contributed by atoms with van der Waals surface area (Å²) < 4.78 is 10.6. The van der Waals surface area contributed by atoms with Crippen molar-refractivity contribution in [1.82, 2.24) is 0 Å². The number of hydrogen-bond donors (Lipinski definition) is 1. The van der Waals surface area contributed by atoms with Crippen LogP contribution in [0.3, 0.4) is 0 Å². The predicted molar refractivity (Wildman–Crippen MR) is 61.4 cm³/mol. The van der Waals surface area contributed by atoms with Crippen molar-refractivity contribution in [1.29, 1.82) is 0 Å². The molecule has 0 radical (unpaired) electrons. The Kier molecular flexibility index (Phi) is 3.27. The van der Waals surface area contributed by atoms with E-state index in [9.17, 15) is 4.79 Å². The molecule has 1 atom stereocenters. The summed E-state index contributed by atoms with van der Waals surface area (Å²) in [7, 11) is 1.60. The second-order valence-electron chi connectivity index (χ2n) is 3.69. The first-order chi connectivity index (χ1) is 8.19. The molecule has 17 heavy (non-hydrogen) atoms. The Labute approximate surface area is 98.7 Å². The lowest BCUT2D eigenvalue weighted by atomic mass is 10.1. The molecule has 0 saturated heterocycles. The van der Waals surface area contributed by atoms with Crippen molar-refractivity contribution in [2.45, 2.75) is 12.5 Å². The summed E-state index contributed by atoms with van der Waals surface area (Å²) >= 11 is 0. The topological polar surface area (TPSA) is 68.1 Å². The maximum absolute atomic E-state index is 10.5. The Morgan fingerprint density at radius 1 is 1.65 bits per heavy atom. The van der Waals surface area contributed by atoms with Gasteiger partial charge in [-0.1, -0.05) is 12.1 Å². The second kappa shape index (κ2) is 4.86. The zero-order valence-electron chi connectivity index (χ0n) is 9.42. The number of rotatable bonds is 4. The van der Waals surface area contributed by atoms with E-state index in [1.807, 2.05) is 24.3 Å². The smallest absolute Gasteiger partial charge is 0.312 e. The molecule has 0 aliphatic carbocycles. The van der Waals surface area contributed by atoms with Crippen LogP contribution >= 0.6 is 0 Å². The van der Waals surface area contributed by atoms with E-state index < -0.39 is 5.97 Å². The predicted octanol–water partition coefficient (Wildman–Crippen LogP) is 1.64. The van der Waals surface area contributed by atoms with E-state index in [1.54, 1.807) is 7.11 Å². The molecule has 2 rings (SSSR count). The Hall–Kier alpha value is -2.04. The van der Waals surface area contributed by atoms with Crippen molar-refractivity contribution >= 4 is 11.9 Å². The highest BCUT2D eigenvalue weighted by Crippen LogP contribution is 2.26. The summed E-state index contributed by atoms with van der Waals surface area (Å²) in [4.78, 5) is 14.6. The van der Waals surface area contributed by atoms with Gasteiger partial charge in [-0.25, -0.2) is 0 Å². The van der Waals surface area contributed by atoms with Gasteiger partial charge in [0.25, 0.3) is 0 Å². The fourth-order valence-corrected chi connectivity index (χ4v) is 1.67. The first-order valence-electron chi connectivity index (χ1n) is 5.25. The van der Waals surface area contributed by atoms with Crippen LogP contribution in [0, 0.1) is 0 Å². The Morgan fingerprint density at radius 2 is 2.47 bits per heavy atom. The monoisotopic (exact) mass is 235 g/mol. The van der Waals surface area contributed by atoms with Crippen LogP contribution in [-0.2, 0) is 9.53 Å². The maximum atomic E-state index is 10.5. The molecule has 0 bridgehead atoms. The van der Waals surface area contributed by atoms with Crippen LogP contribution in [0.15, 0.2) is 29.3 Å². The SMILES string of the molecule is COc1cccc(C2CN=C(CC(=O)O)O2)c1. The standard InChI is InChI=1S/C12H13NO4/c1-16-9-4-2-3-8(5-9)10-7-13-11(17-10)6-12(14)15/h2-5,10H,6-7H2,1H3,(H,14,15). The molecule has 0 saturated carbocycles. The van der Waals surface area contributed by atoms with Gasteiger partial charge in [0, 0.05) is 0 Å². The lowest BCUT2D eigenvalue weighted by molar-refractivity contribution is -0.135. The van der Waals surface area contributed by atoms with Crippen molar-refractivity contribution in [3.05, 3.63) is 29.8 Å².